The van der Waals surface area contributed by atoms with Crippen molar-refractivity contribution >= 4 is 29.7 Å². The molecule has 1 fully saturated rings. The third-order valence-electron chi connectivity index (χ3n) is 8.21. The number of carboxylic acid groups (broad SMARTS) is 1. The smallest absolute Gasteiger partial charge is 0.335 e. The predicted molar refractivity (Wildman–Crippen MR) is 176 cm³/mol. The van der Waals surface area contributed by atoms with Crippen molar-refractivity contribution < 1.29 is 14.7 Å². The lowest BCUT2D eigenvalue weighted by atomic mass is 9.85. The zero-order chi connectivity index (χ0) is 31.4. The molecule has 10 heteroatoms. The average molecular weight is 608 g/mol. The van der Waals surface area contributed by atoms with Crippen LogP contribution in [0.3, 0.4) is 0 Å². The minimum atomic E-state index is -0.964. The minimum Gasteiger partial charge on any atom is -0.478 e. The summed E-state index contributed by atoms with van der Waals surface area (Å²) in [4.78, 5) is 37.9. The van der Waals surface area contributed by atoms with Crippen LogP contribution in [0.1, 0.15) is 65.6 Å². The highest BCUT2D eigenvalue weighted by Gasteiger charge is 2.27. The van der Waals surface area contributed by atoms with E-state index in [9.17, 15) is 9.59 Å². The van der Waals surface area contributed by atoms with E-state index in [-0.39, 0.29) is 29.3 Å². The number of carboxylic acids is 1. The molecule has 1 aromatic heterocycles. The van der Waals surface area contributed by atoms with E-state index in [0.29, 0.717) is 37.5 Å². The minimum absolute atomic E-state index is 0.0276. The van der Waals surface area contributed by atoms with Crippen molar-refractivity contribution in [1.29, 1.82) is 0 Å². The molecule has 4 aromatic rings. The molecule has 1 aliphatic rings. The number of benzene rings is 3. The quantitative estimate of drug-likeness (QED) is 0.122. The Bertz CT molecular complexity index is 1530. The van der Waals surface area contributed by atoms with Gasteiger partial charge in [0.1, 0.15) is 0 Å². The molecule has 10 nitrogen and oxygen atoms in total. The molecule has 1 atom stereocenters. The first-order valence-electron chi connectivity index (χ1n) is 15.6. The Hall–Kier alpha value is -4.99. The second-order valence-corrected chi connectivity index (χ2v) is 11.6. The number of amides is 1. The third kappa shape index (κ3) is 9.50. The number of anilines is 3. The van der Waals surface area contributed by atoms with E-state index in [1.54, 1.807) is 24.3 Å². The van der Waals surface area contributed by atoms with Crippen LogP contribution in [0.5, 0.6) is 0 Å². The van der Waals surface area contributed by atoms with Gasteiger partial charge in [0.2, 0.25) is 23.8 Å². The van der Waals surface area contributed by atoms with Crippen LogP contribution in [0.2, 0.25) is 0 Å². The van der Waals surface area contributed by atoms with Gasteiger partial charge in [-0.2, -0.15) is 15.0 Å². The number of rotatable bonds is 14. The molecule has 0 saturated heterocycles. The monoisotopic (exact) mass is 607 g/mol. The van der Waals surface area contributed by atoms with Gasteiger partial charge in [0, 0.05) is 31.6 Å². The summed E-state index contributed by atoms with van der Waals surface area (Å²) in [5.74, 6) is 0.823. The Morgan fingerprint density at radius 1 is 0.778 bits per heavy atom. The number of hydrogen-bond acceptors (Lipinski definition) is 8. The van der Waals surface area contributed by atoms with E-state index in [0.717, 1.165) is 37.7 Å². The summed E-state index contributed by atoms with van der Waals surface area (Å²) >= 11 is 0. The molecule has 5 N–H and O–H groups in total. The first kappa shape index (κ1) is 31.4. The summed E-state index contributed by atoms with van der Waals surface area (Å²) in [7, 11) is 0. The van der Waals surface area contributed by atoms with Crippen molar-refractivity contribution in [3.05, 3.63) is 107 Å². The number of nitrogens with zero attached hydrogens (tertiary/aromatic N) is 3. The number of hydrogen-bond donors (Lipinski definition) is 5. The fourth-order valence-electron chi connectivity index (χ4n) is 5.49. The summed E-state index contributed by atoms with van der Waals surface area (Å²) in [6, 6.07) is 27.4. The standard InChI is InChI=1S/C35H41N7O3/c1-24(27-10-6-3-7-11-27)22-38-34-40-33(36-21-20-25-8-4-2-5-9-25)41-35(42-34)39-30-18-16-28(17-19-30)31(43)37-23-26-12-14-29(15-13-26)32(44)45/h2-15,24,28,30H,16-23H2,1H3,(H,37,43)(H,44,45)(H3,36,38,39,40,41,42)/t24-,28?,30?/m0/s1. The van der Waals surface area contributed by atoms with Crippen LogP contribution in [0.25, 0.3) is 0 Å². The van der Waals surface area contributed by atoms with E-state index in [2.05, 4.69) is 62.4 Å². The molecule has 0 bridgehead atoms. The van der Waals surface area contributed by atoms with E-state index >= 15 is 0 Å². The van der Waals surface area contributed by atoms with Gasteiger partial charge in [0.05, 0.1) is 5.56 Å². The van der Waals surface area contributed by atoms with Crippen LogP contribution >= 0.6 is 0 Å². The molecular weight excluding hydrogens is 566 g/mol. The van der Waals surface area contributed by atoms with Gasteiger partial charge in [-0.15, -0.1) is 0 Å². The highest BCUT2D eigenvalue weighted by Crippen LogP contribution is 2.27. The normalized spacial score (nSPS) is 16.7. The van der Waals surface area contributed by atoms with Gasteiger partial charge in [-0.1, -0.05) is 79.7 Å². The Morgan fingerprint density at radius 2 is 1.40 bits per heavy atom. The van der Waals surface area contributed by atoms with E-state index in [1.165, 1.54) is 11.1 Å². The lowest BCUT2D eigenvalue weighted by Gasteiger charge is -2.28. The summed E-state index contributed by atoms with van der Waals surface area (Å²) in [6.07, 6.45) is 4.01. The number of carbonyl (C=O) groups excluding carboxylic acids is 1. The lowest BCUT2D eigenvalue weighted by molar-refractivity contribution is -0.126. The molecule has 0 spiro atoms. The number of nitrogens with one attached hydrogen (secondary N) is 4. The topological polar surface area (TPSA) is 141 Å². The van der Waals surface area contributed by atoms with E-state index < -0.39 is 5.97 Å². The Morgan fingerprint density at radius 3 is 2.07 bits per heavy atom. The van der Waals surface area contributed by atoms with E-state index in [1.807, 2.05) is 36.4 Å². The summed E-state index contributed by atoms with van der Waals surface area (Å²) in [6.45, 7) is 3.92. The van der Waals surface area contributed by atoms with Crippen molar-refractivity contribution in [1.82, 2.24) is 20.3 Å². The second-order valence-electron chi connectivity index (χ2n) is 11.6. The molecule has 5 rings (SSSR count). The Labute approximate surface area is 264 Å². The zero-order valence-electron chi connectivity index (χ0n) is 25.6. The molecule has 1 amide bonds. The zero-order valence-corrected chi connectivity index (χ0v) is 25.6. The van der Waals surface area contributed by atoms with Crippen LogP contribution in [0, 0.1) is 5.92 Å². The Kier molecular flexibility index (Phi) is 10.9. The maximum Gasteiger partial charge on any atom is 0.335 e. The number of carbonyl (C=O) groups is 2. The predicted octanol–water partition coefficient (Wildman–Crippen LogP) is 5.73. The first-order chi connectivity index (χ1) is 21.9. The average Bonchev–Trinajstić information content (AvgIpc) is 3.07. The molecule has 1 heterocycles. The molecule has 1 aliphatic carbocycles. The van der Waals surface area contributed by atoms with Crippen LogP contribution < -0.4 is 21.3 Å². The number of aromatic carboxylic acids is 1. The molecular formula is C35H41N7O3. The molecule has 0 radical (unpaired) electrons. The maximum absolute atomic E-state index is 12.9. The SMILES string of the molecule is C[C@@H](CNc1nc(NCCc2ccccc2)nc(NC2CCC(C(=O)NCc3ccc(C(=O)O)cc3)CC2)n1)c1ccccc1. The van der Waals surface area contributed by atoms with Crippen LogP contribution in [-0.4, -0.2) is 51.1 Å². The van der Waals surface area contributed by atoms with Gasteiger partial charge in [0.15, 0.2) is 0 Å². The van der Waals surface area contributed by atoms with Crippen molar-refractivity contribution in [2.75, 3.05) is 29.0 Å². The van der Waals surface area contributed by atoms with Gasteiger partial charge in [-0.3, -0.25) is 4.79 Å². The fraction of sp³-hybridized carbons (Fsp3) is 0.343. The first-order valence-corrected chi connectivity index (χ1v) is 15.6. The molecule has 0 aliphatic heterocycles. The largest absolute Gasteiger partial charge is 0.478 e. The second kappa shape index (κ2) is 15.7. The summed E-state index contributed by atoms with van der Waals surface area (Å²) in [5.41, 5.74) is 3.59. The van der Waals surface area contributed by atoms with Crippen molar-refractivity contribution in [3.63, 3.8) is 0 Å². The van der Waals surface area contributed by atoms with Crippen LogP contribution in [0.15, 0.2) is 84.9 Å². The third-order valence-corrected chi connectivity index (χ3v) is 8.21. The maximum atomic E-state index is 12.9. The molecule has 0 unspecified atom stereocenters. The van der Waals surface area contributed by atoms with Gasteiger partial charge in [-0.25, -0.2) is 4.79 Å². The number of aromatic nitrogens is 3. The summed E-state index contributed by atoms with van der Waals surface area (Å²) in [5, 5.41) is 22.3. The van der Waals surface area contributed by atoms with Crippen LogP contribution in [0.4, 0.5) is 17.8 Å². The molecule has 3 aromatic carbocycles. The van der Waals surface area contributed by atoms with Crippen molar-refractivity contribution in [3.8, 4) is 0 Å². The van der Waals surface area contributed by atoms with Crippen LogP contribution in [-0.2, 0) is 17.8 Å². The molecule has 45 heavy (non-hydrogen) atoms. The Balaban J connectivity index is 1.16. The van der Waals surface area contributed by atoms with Crippen molar-refractivity contribution in [2.45, 2.75) is 57.5 Å². The lowest BCUT2D eigenvalue weighted by Crippen LogP contribution is -2.36. The molecule has 234 valence electrons. The highest BCUT2D eigenvalue weighted by molar-refractivity contribution is 5.87. The van der Waals surface area contributed by atoms with E-state index in [4.69, 9.17) is 10.1 Å². The highest BCUT2D eigenvalue weighted by atomic mass is 16.4. The van der Waals surface area contributed by atoms with Gasteiger partial charge in [-0.05, 0) is 66.8 Å². The van der Waals surface area contributed by atoms with Gasteiger partial charge >= 0.3 is 5.97 Å². The summed E-state index contributed by atoms with van der Waals surface area (Å²) < 4.78 is 0. The van der Waals surface area contributed by atoms with Gasteiger partial charge < -0.3 is 26.4 Å². The van der Waals surface area contributed by atoms with Crippen molar-refractivity contribution in [2.24, 2.45) is 5.92 Å². The van der Waals surface area contributed by atoms with Gasteiger partial charge in [0.25, 0.3) is 0 Å². The fourth-order valence-corrected chi connectivity index (χ4v) is 5.49. The molecule has 1 saturated carbocycles.